The maximum atomic E-state index is 10.8. The summed E-state index contributed by atoms with van der Waals surface area (Å²) in [5.41, 5.74) is 0.885. The summed E-state index contributed by atoms with van der Waals surface area (Å²) in [6.45, 7) is 0. The number of carbonyl (C=O) groups is 1. The molecule has 82 valence electrons. The van der Waals surface area contributed by atoms with Crippen LogP contribution >= 0.6 is 0 Å². The second-order valence-corrected chi connectivity index (χ2v) is 3.38. The van der Waals surface area contributed by atoms with Gasteiger partial charge in [0.15, 0.2) is 0 Å². The van der Waals surface area contributed by atoms with Crippen molar-refractivity contribution in [2.24, 2.45) is 7.05 Å². The molecular formula is C11H10N2O3. The first-order chi connectivity index (χ1) is 7.59. The molecule has 1 heterocycles. The molecule has 0 saturated heterocycles. The number of benzene rings is 1. The minimum absolute atomic E-state index is 0.128. The molecule has 0 fully saturated rings. The quantitative estimate of drug-likeness (QED) is 0.800. The summed E-state index contributed by atoms with van der Waals surface area (Å²) in [7, 11) is 1.64. The Bertz CT molecular complexity index is 529. The van der Waals surface area contributed by atoms with E-state index in [0.29, 0.717) is 5.82 Å². The van der Waals surface area contributed by atoms with E-state index in [1.807, 2.05) is 0 Å². The lowest BCUT2D eigenvalue weighted by molar-refractivity contribution is 0.0686. The predicted molar refractivity (Wildman–Crippen MR) is 57.3 cm³/mol. The van der Waals surface area contributed by atoms with Crippen molar-refractivity contribution < 1.29 is 15.0 Å². The molecule has 0 spiro atoms. The van der Waals surface area contributed by atoms with Gasteiger partial charge in [-0.1, -0.05) is 0 Å². The number of hydrogen-bond acceptors (Lipinski definition) is 3. The van der Waals surface area contributed by atoms with Gasteiger partial charge in [0.25, 0.3) is 0 Å². The van der Waals surface area contributed by atoms with Gasteiger partial charge in [-0.25, -0.2) is 9.78 Å². The van der Waals surface area contributed by atoms with Crippen LogP contribution in [-0.4, -0.2) is 25.7 Å². The molecule has 5 nitrogen and oxygen atoms in total. The fraction of sp³-hybridized carbons (Fsp3) is 0.0909. The number of aromatic hydroxyl groups is 1. The molecule has 0 aliphatic rings. The molecule has 16 heavy (non-hydrogen) atoms. The van der Waals surface area contributed by atoms with Crippen LogP contribution in [0.2, 0.25) is 0 Å². The van der Waals surface area contributed by atoms with Crippen molar-refractivity contribution in [3.8, 4) is 17.1 Å². The van der Waals surface area contributed by atoms with Crippen molar-refractivity contribution in [1.29, 1.82) is 0 Å². The lowest BCUT2D eigenvalue weighted by Crippen LogP contribution is -2.05. The van der Waals surface area contributed by atoms with E-state index >= 15 is 0 Å². The maximum Gasteiger partial charge on any atom is 0.354 e. The Labute approximate surface area is 91.6 Å². The smallest absolute Gasteiger partial charge is 0.354 e. The Morgan fingerprint density at radius 1 is 1.31 bits per heavy atom. The predicted octanol–water partition coefficient (Wildman–Crippen LogP) is 1.49. The van der Waals surface area contributed by atoms with Crippen molar-refractivity contribution in [2.75, 3.05) is 0 Å². The van der Waals surface area contributed by atoms with Crippen molar-refractivity contribution in [3.05, 3.63) is 36.2 Å². The number of nitrogens with zero attached hydrogens (tertiary/aromatic N) is 2. The number of hydrogen-bond donors (Lipinski definition) is 2. The highest BCUT2D eigenvalue weighted by atomic mass is 16.4. The van der Waals surface area contributed by atoms with Crippen LogP contribution in [0, 0.1) is 0 Å². The number of aromatic nitrogens is 2. The zero-order chi connectivity index (χ0) is 11.7. The van der Waals surface area contributed by atoms with Crippen molar-refractivity contribution in [3.63, 3.8) is 0 Å². The van der Waals surface area contributed by atoms with Crippen LogP contribution in [0.3, 0.4) is 0 Å². The Balaban J connectivity index is 2.49. The van der Waals surface area contributed by atoms with E-state index in [1.54, 1.807) is 19.2 Å². The average Bonchev–Trinajstić information content (AvgIpc) is 2.61. The Kier molecular flexibility index (Phi) is 2.36. The monoisotopic (exact) mass is 218 g/mol. The minimum Gasteiger partial charge on any atom is -0.508 e. The lowest BCUT2D eigenvalue weighted by atomic mass is 10.2. The summed E-state index contributed by atoms with van der Waals surface area (Å²) in [6.07, 6.45) is 1.31. The molecule has 0 atom stereocenters. The molecule has 0 saturated carbocycles. The van der Waals surface area contributed by atoms with E-state index in [1.165, 1.54) is 22.9 Å². The van der Waals surface area contributed by atoms with Gasteiger partial charge in [0.05, 0.1) is 6.20 Å². The zero-order valence-electron chi connectivity index (χ0n) is 8.58. The highest BCUT2D eigenvalue weighted by Crippen LogP contribution is 2.21. The number of phenols is 1. The highest BCUT2D eigenvalue weighted by Gasteiger charge is 2.13. The van der Waals surface area contributed by atoms with Gasteiger partial charge in [-0.2, -0.15) is 0 Å². The molecule has 0 amide bonds. The maximum absolute atomic E-state index is 10.8. The lowest BCUT2D eigenvalue weighted by Gasteiger charge is -2.03. The third kappa shape index (κ3) is 1.63. The zero-order valence-corrected chi connectivity index (χ0v) is 8.58. The molecule has 0 unspecified atom stereocenters. The van der Waals surface area contributed by atoms with Gasteiger partial charge in [-0.05, 0) is 24.3 Å². The summed E-state index contributed by atoms with van der Waals surface area (Å²) >= 11 is 0. The van der Waals surface area contributed by atoms with E-state index in [-0.39, 0.29) is 11.4 Å². The van der Waals surface area contributed by atoms with Crippen molar-refractivity contribution in [2.45, 2.75) is 0 Å². The Morgan fingerprint density at radius 3 is 2.44 bits per heavy atom. The van der Waals surface area contributed by atoms with E-state index < -0.39 is 5.97 Å². The molecule has 1 aromatic heterocycles. The Hall–Kier alpha value is -2.30. The second-order valence-electron chi connectivity index (χ2n) is 3.38. The molecular weight excluding hydrogens is 208 g/mol. The molecule has 2 aromatic rings. The summed E-state index contributed by atoms with van der Waals surface area (Å²) in [6, 6.07) is 6.43. The van der Waals surface area contributed by atoms with Gasteiger partial charge < -0.3 is 14.8 Å². The van der Waals surface area contributed by atoms with Crippen LogP contribution in [0.5, 0.6) is 5.75 Å². The number of carboxylic acid groups (broad SMARTS) is 1. The average molecular weight is 218 g/mol. The van der Waals surface area contributed by atoms with E-state index in [9.17, 15) is 4.79 Å². The van der Waals surface area contributed by atoms with E-state index in [4.69, 9.17) is 10.2 Å². The third-order valence-electron chi connectivity index (χ3n) is 2.33. The molecule has 2 N–H and O–H groups in total. The van der Waals surface area contributed by atoms with Gasteiger partial charge in [0.1, 0.15) is 17.3 Å². The van der Waals surface area contributed by atoms with Crippen LogP contribution in [0.15, 0.2) is 30.5 Å². The standard InChI is InChI=1S/C11H10N2O3/c1-13-9(11(15)16)6-12-10(13)7-2-4-8(14)5-3-7/h2-6,14H,1H3,(H,15,16). The van der Waals surface area contributed by atoms with Crippen LogP contribution in [0.1, 0.15) is 10.5 Å². The topological polar surface area (TPSA) is 75.4 Å². The highest BCUT2D eigenvalue weighted by molar-refractivity contribution is 5.86. The molecule has 0 aliphatic carbocycles. The molecule has 1 aromatic carbocycles. The first-order valence-electron chi connectivity index (χ1n) is 4.64. The fourth-order valence-electron chi connectivity index (χ4n) is 1.49. The molecule has 0 radical (unpaired) electrons. The summed E-state index contributed by atoms with van der Waals surface area (Å²) in [4.78, 5) is 14.9. The SMILES string of the molecule is Cn1c(C(=O)O)cnc1-c1ccc(O)cc1. The first-order valence-corrected chi connectivity index (χ1v) is 4.64. The summed E-state index contributed by atoms with van der Waals surface area (Å²) in [5.74, 6) is -0.297. The van der Waals surface area contributed by atoms with Gasteiger partial charge in [0, 0.05) is 12.6 Å². The Morgan fingerprint density at radius 2 is 1.94 bits per heavy atom. The number of rotatable bonds is 2. The van der Waals surface area contributed by atoms with Gasteiger partial charge in [-0.15, -0.1) is 0 Å². The third-order valence-corrected chi connectivity index (χ3v) is 2.33. The molecule has 0 bridgehead atoms. The van der Waals surface area contributed by atoms with Gasteiger partial charge in [-0.3, -0.25) is 0 Å². The van der Waals surface area contributed by atoms with E-state index in [2.05, 4.69) is 4.98 Å². The van der Waals surface area contributed by atoms with Crippen molar-refractivity contribution in [1.82, 2.24) is 9.55 Å². The number of carboxylic acids is 1. The molecule has 5 heteroatoms. The van der Waals surface area contributed by atoms with Gasteiger partial charge in [0.2, 0.25) is 0 Å². The largest absolute Gasteiger partial charge is 0.508 e. The summed E-state index contributed by atoms with van der Waals surface area (Å²) < 4.78 is 1.49. The summed E-state index contributed by atoms with van der Waals surface area (Å²) in [5, 5.41) is 18.0. The molecule has 2 rings (SSSR count). The second kappa shape index (κ2) is 3.69. The number of imidazole rings is 1. The van der Waals surface area contributed by atoms with Crippen molar-refractivity contribution >= 4 is 5.97 Å². The normalized spacial score (nSPS) is 10.3. The van der Waals surface area contributed by atoms with Crippen LogP contribution in [0.25, 0.3) is 11.4 Å². The molecule has 0 aliphatic heterocycles. The van der Waals surface area contributed by atoms with Crippen LogP contribution < -0.4 is 0 Å². The first kappa shape index (κ1) is 10.2. The van der Waals surface area contributed by atoms with Gasteiger partial charge >= 0.3 is 5.97 Å². The van der Waals surface area contributed by atoms with Crippen LogP contribution in [-0.2, 0) is 7.05 Å². The van der Waals surface area contributed by atoms with Crippen LogP contribution in [0.4, 0.5) is 0 Å². The van der Waals surface area contributed by atoms with E-state index in [0.717, 1.165) is 5.56 Å². The number of phenolic OH excluding ortho intramolecular Hbond substituents is 1. The number of aromatic carboxylic acids is 1. The minimum atomic E-state index is -1.01. The fourth-order valence-corrected chi connectivity index (χ4v) is 1.49.